The van der Waals surface area contributed by atoms with Crippen molar-refractivity contribution >= 4 is 0 Å². The average molecular weight is 199 g/mol. The van der Waals surface area contributed by atoms with Crippen LogP contribution in [0.4, 0.5) is 0 Å². The molecule has 0 heterocycles. The summed E-state index contributed by atoms with van der Waals surface area (Å²) in [5.41, 5.74) is 0.113. The molecule has 0 aromatic rings. The first-order chi connectivity index (χ1) is 6.33. The predicted octanol–water partition coefficient (Wildman–Crippen LogP) is 2.68. The first-order valence-electron chi connectivity index (χ1n) is 5.68. The Labute approximate surface area is 88.6 Å². The van der Waals surface area contributed by atoms with Gasteiger partial charge in [0.15, 0.2) is 0 Å². The van der Waals surface area contributed by atoms with Gasteiger partial charge >= 0.3 is 0 Å². The quantitative estimate of drug-likeness (QED) is 0.693. The zero-order chi connectivity index (χ0) is 10.8. The highest BCUT2D eigenvalue weighted by atomic mass is 16.5. The molecule has 1 aliphatic carbocycles. The zero-order valence-electron chi connectivity index (χ0n) is 10.4. The van der Waals surface area contributed by atoms with E-state index in [1.807, 2.05) is 0 Å². The topological polar surface area (TPSA) is 12.5 Å². The number of likely N-dealkylation sites (N-methyl/N-ethyl adjacent to an activating group) is 1. The molecule has 0 aliphatic heterocycles. The predicted molar refractivity (Wildman–Crippen MR) is 60.6 cm³/mol. The summed E-state index contributed by atoms with van der Waals surface area (Å²) in [6, 6.07) is 0. The first-order valence-corrected chi connectivity index (χ1v) is 5.68. The maximum Gasteiger partial charge on any atom is 0.0815 e. The lowest BCUT2D eigenvalue weighted by molar-refractivity contribution is -0.136. The van der Waals surface area contributed by atoms with Crippen LogP contribution < -0.4 is 0 Å². The van der Waals surface area contributed by atoms with Crippen LogP contribution in [-0.2, 0) is 4.74 Å². The SMILES string of the molecule is CN(C)CC1(OC(C)(C)C)CCCC1. The van der Waals surface area contributed by atoms with Crippen LogP contribution in [0, 0.1) is 0 Å². The molecule has 2 heteroatoms. The van der Waals surface area contributed by atoms with Gasteiger partial charge in [-0.15, -0.1) is 0 Å². The van der Waals surface area contributed by atoms with Gasteiger partial charge in [-0.1, -0.05) is 12.8 Å². The second-order valence-electron chi connectivity index (χ2n) is 5.84. The van der Waals surface area contributed by atoms with Gasteiger partial charge in [-0.25, -0.2) is 0 Å². The van der Waals surface area contributed by atoms with Crippen LogP contribution in [0.25, 0.3) is 0 Å². The van der Waals surface area contributed by atoms with E-state index in [9.17, 15) is 0 Å². The summed E-state index contributed by atoms with van der Waals surface area (Å²) >= 11 is 0. The van der Waals surface area contributed by atoms with Crippen molar-refractivity contribution in [3.63, 3.8) is 0 Å². The lowest BCUT2D eigenvalue weighted by Crippen LogP contribution is -2.45. The monoisotopic (exact) mass is 199 g/mol. The van der Waals surface area contributed by atoms with Crippen LogP contribution in [0.15, 0.2) is 0 Å². The van der Waals surface area contributed by atoms with Crippen molar-refractivity contribution in [1.29, 1.82) is 0 Å². The second-order valence-corrected chi connectivity index (χ2v) is 5.84. The van der Waals surface area contributed by atoms with Crippen molar-refractivity contribution in [2.75, 3.05) is 20.6 Å². The third-order valence-electron chi connectivity index (χ3n) is 2.64. The van der Waals surface area contributed by atoms with Gasteiger partial charge < -0.3 is 9.64 Å². The van der Waals surface area contributed by atoms with Gasteiger partial charge in [0, 0.05) is 6.54 Å². The maximum atomic E-state index is 6.26. The largest absolute Gasteiger partial charge is 0.368 e. The summed E-state index contributed by atoms with van der Waals surface area (Å²) < 4.78 is 6.26. The molecule has 1 rings (SSSR count). The summed E-state index contributed by atoms with van der Waals surface area (Å²) in [5.74, 6) is 0. The lowest BCUT2D eigenvalue weighted by atomic mass is 9.99. The molecule has 0 N–H and O–H groups in total. The van der Waals surface area contributed by atoms with Crippen molar-refractivity contribution in [2.45, 2.75) is 57.7 Å². The van der Waals surface area contributed by atoms with Gasteiger partial charge in [-0.2, -0.15) is 0 Å². The molecular formula is C12H25NO. The van der Waals surface area contributed by atoms with E-state index in [-0.39, 0.29) is 11.2 Å². The summed E-state index contributed by atoms with van der Waals surface area (Å²) in [6.45, 7) is 7.53. The fourth-order valence-electron chi connectivity index (χ4n) is 2.54. The molecule has 0 aromatic carbocycles. The van der Waals surface area contributed by atoms with E-state index in [0.29, 0.717) is 0 Å². The molecule has 14 heavy (non-hydrogen) atoms. The third kappa shape index (κ3) is 3.58. The molecule has 1 saturated carbocycles. The Kier molecular flexibility index (Phi) is 3.59. The Morgan fingerprint density at radius 1 is 1.14 bits per heavy atom. The van der Waals surface area contributed by atoms with E-state index in [4.69, 9.17) is 4.74 Å². The molecule has 0 unspecified atom stereocenters. The molecule has 0 radical (unpaired) electrons. The highest BCUT2D eigenvalue weighted by molar-refractivity contribution is 4.90. The fourth-order valence-corrected chi connectivity index (χ4v) is 2.54. The summed E-state index contributed by atoms with van der Waals surface area (Å²) in [6.07, 6.45) is 5.10. The van der Waals surface area contributed by atoms with Crippen LogP contribution in [0.5, 0.6) is 0 Å². The van der Waals surface area contributed by atoms with Gasteiger partial charge in [-0.3, -0.25) is 0 Å². The highest BCUT2D eigenvalue weighted by Crippen LogP contribution is 2.36. The Bertz CT molecular complexity index is 175. The third-order valence-corrected chi connectivity index (χ3v) is 2.64. The standard InChI is InChI=1S/C12H25NO/c1-11(2,3)14-12(10-13(4)5)8-6-7-9-12/h6-10H2,1-5H3. The van der Waals surface area contributed by atoms with Gasteiger partial charge in [-0.05, 0) is 47.7 Å². The normalized spacial score (nSPS) is 21.9. The van der Waals surface area contributed by atoms with Crippen LogP contribution in [0.1, 0.15) is 46.5 Å². The Morgan fingerprint density at radius 2 is 1.64 bits per heavy atom. The van der Waals surface area contributed by atoms with Crippen LogP contribution >= 0.6 is 0 Å². The Hall–Kier alpha value is -0.0800. The summed E-state index contributed by atoms with van der Waals surface area (Å²) in [5, 5.41) is 0. The smallest absolute Gasteiger partial charge is 0.0815 e. The van der Waals surface area contributed by atoms with E-state index in [0.717, 1.165) is 6.54 Å². The van der Waals surface area contributed by atoms with Crippen LogP contribution in [0.3, 0.4) is 0 Å². The molecule has 84 valence electrons. The van der Waals surface area contributed by atoms with Crippen molar-refractivity contribution in [2.24, 2.45) is 0 Å². The number of ether oxygens (including phenoxy) is 1. The van der Waals surface area contributed by atoms with Gasteiger partial charge in [0.25, 0.3) is 0 Å². The number of hydrogen-bond acceptors (Lipinski definition) is 2. The highest BCUT2D eigenvalue weighted by Gasteiger charge is 2.38. The van der Waals surface area contributed by atoms with Gasteiger partial charge in [0.05, 0.1) is 11.2 Å². The van der Waals surface area contributed by atoms with E-state index < -0.39 is 0 Å². The van der Waals surface area contributed by atoms with Gasteiger partial charge in [0.1, 0.15) is 0 Å². The van der Waals surface area contributed by atoms with Crippen molar-refractivity contribution in [3.8, 4) is 0 Å². The Balaban J connectivity index is 2.62. The van der Waals surface area contributed by atoms with Crippen molar-refractivity contribution in [1.82, 2.24) is 4.90 Å². The molecule has 0 spiro atoms. The molecule has 1 aliphatic rings. The minimum Gasteiger partial charge on any atom is -0.368 e. The molecular weight excluding hydrogens is 174 g/mol. The Morgan fingerprint density at radius 3 is 2.00 bits per heavy atom. The zero-order valence-corrected chi connectivity index (χ0v) is 10.4. The second kappa shape index (κ2) is 4.19. The molecule has 2 nitrogen and oxygen atoms in total. The van der Waals surface area contributed by atoms with Gasteiger partial charge in [0.2, 0.25) is 0 Å². The van der Waals surface area contributed by atoms with Crippen molar-refractivity contribution in [3.05, 3.63) is 0 Å². The fraction of sp³-hybridized carbons (Fsp3) is 1.00. The van der Waals surface area contributed by atoms with E-state index >= 15 is 0 Å². The van der Waals surface area contributed by atoms with E-state index in [1.165, 1.54) is 25.7 Å². The molecule has 0 bridgehead atoms. The molecule has 0 amide bonds. The summed E-state index contributed by atoms with van der Waals surface area (Å²) in [7, 11) is 4.26. The lowest BCUT2D eigenvalue weighted by Gasteiger charge is -2.38. The average Bonchev–Trinajstić information content (AvgIpc) is 2.30. The maximum absolute atomic E-state index is 6.26. The number of hydrogen-bond donors (Lipinski definition) is 0. The molecule has 1 fully saturated rings. The van der Waals surface area contributed by atoms with Crippen LogP contribution in [-0.4, -0.2) is 36.7 Å². The first kappa shape index (κ1) is 12.0. The van der Waals surface area contributed by atoms with Crippen LogP contribution in [0.2, 0.25) is 0 Å². The molecule has 0 aromatic heterocycles. The molecule has 0 atom stereocenters. The minimum absolute atomic E-state index is 0.0135. The van der Waals surface area contributed by atoms with E-state index in [2.05, 4.69) is 39.8 Å². The van der Waals surface area contributed by atoms with E-state index in [1.54, 1.807) is 0 Å². The molecule has 0 saturated heterocycles. The summed E-state index contributed by atoms with van der Waals surface area (Å²) in [4.78, 5) is 2.25. The van der Waals surface area contributed by atoms with Crippen molar-refractivity contribution < 1.29 is 4.74 Å². The number of nitrogens with zero attached hydrogens (tertiary/aromatic N) is 1. The minimum atomic E-state index is -0.0135. The number of rotatable bonds is 3.